The number of carbonyl (C=O) groups excluding carboxylic acids is 1. The summed E-state index contributed by atoms with van der Waals surface area (Å²) in [5, 5.41) is 18.9. The molecular formula is C13H20N2O4. The molecule has 1 rings (SSSR count). The maximum Gasteiger partial charge on any atom is 0.257 e. The van der Waals surface area contributed by atoms with Gasteiger partial charge in [0.25, 0.3) is 5.91 Å². The third kappa shape index (κ3) is 4.42. The van der Waals surface area contributed by atoms with Crippen LogP contribution in [0.4, 0.5) is 0 Å². The monoisotopic (exact) mass is 268 g/mol. The summed E-state index contributed by atoms with van der Waals surface area (Å²) in [6, 6.07) is 3.91. The van der Waals surface area contributed by atoms with Gasteiger partial charge in [-0.3, -0.25) is 4.79 Å². The summed E-state index contributed by atoms with van der Waals surface area (Å²) in [4.78, 5) is 13.8. The van der Waals surface area contributed by atoms with Gasteiger partial charge in [0, 0.05) is 26.3 Å². The fourth-order valence-corrected chi connectivity index (χ4v) is 1.67. The first-order chi connectivity index (χ1) is 9.10. The summed E-state index contributed by atoms with van der Waals surface area (Å²) < 4.78 is 4.96. The Morgan fingerprint density at radius 2 is 2.11 bits per heavy atom. The topological polar surface area (TPSA) is 96.0 Å². The first-order valence-electron chi connectivity index (χ1n) is 6.10. The molecule has 0 saturated carbocycles. The predicted molar refractivity (Wildman–Crippen MR) is 71.2 cm³/mol. The van der Waals surface area contributed by atoms with Crippen LogP contribution in [0.25, 0.3) is 0 Å². The normalized spacial score (nSPS) is 10.4. The highest BCUT2D eigenvalue weighted by Crippen LogP contribution is 2.23. The molecule has 0 aliphatic rings. The molecular weight excluding hydrogens is 248 g/mol. The highest BCUT2D eigenvalue weighted by molar-refractivity contribution is 5.97. The smallest absolute Gasteiger partial charge is 0.257 e. The molecule has 0 atom stereocenters. The van der Waals surface area contributed by atoms with Crippen LogP contribution in [0.1, 0.15) is 16.8 Å². The van der Waals surface area contributed by atoms with Gasteiger partial charge in [0.15, 0.2) is 0 Å². The van der Waals surface area contributed by atoms with E-state index in [1.54, 1.807) is 12.0 Å². The number of nitrogens with two attached hydrogens (primary N) is 1. The number of hydrogen-bond acceptors (Lipinski definition) is 5. The Balaban J connectivity index is 2.84. The summed E-state index contributed by atoms with van der Waals surface area (Å²) in [6.45, 7) is 1.82. The molecule has 0 heterocycles. The van der Waals surface area contributed by atoms with Gasteiger partial charge in [0.05, 0.1) is 12.2 Å². The highest BCUT2D eigenvalue weighted by Gasteiger charge is 2.18. The summed E-state index contributed by atoms with van der Waals surface area (Å²) in [5.41, 5.74) is 5.60. The van der Waals surface area contributed by atoms with Crippen molar-refractivity contribution in [1.29, 1.82) is 0 Å². The number of rotatable bonds is 7. The fraction of sp³-hybridized carbons (Fsp3) is 0.462. The van der Waals surface area contributed by atoms with Gasteiger partial charge in [0.1, 0.15) is 11.5 Å². The lowest BCUT2D eigenvalue weighted by Gasteiger charge is -2.22. The number of aromatic hydroxyl groups is 2. The van der Waals surface area contributed by atoms with Crippen LogP contribution in [0.15, 0.2) is 18.2 Å². The number of phenolic OH excluding ortho intramolecular Hbond substituents is 2. The zero-order valence-corrected chi connectivity index (χ0v) is 11.0. The summed E-state index contributed by atoms with van der Waals surface area (Å²) in [6.07, 6.45) is 0.675. The molecule has 0 aliphatic heterocycles. The van der Waals surface area contributed by atoms with Crippen LogP contribution < -0.4 is 5.73 Å². The molecule has 0 unspecified atom stereocenters. The second-order valence-electron chi connectivity index (χ2n) is 4.13. The molecule has 0 aliphatic carbocycles. The van der Waals surface area contributed by atoms with Gasteiger partial charge in [-0.2, -0.15) is 0 Å². The molecule has 6 nitrogen and oxygen atoms in total. The maximum absolute atomic E-state index is 12.3. The van der Waals surface area contributed by atoms with Crippen molar-refractivity contribution in [2.75, 3.05) is 33.4 Å². The van der Waals surface area contributed by atoms with Crippen LogP contribution in [0.3, 0.4) is 0 Å². The number of carbonyl (C=O) groups is 1. The first-order valence-corrected chi connectivity index (χ1v) is 6.10. The number of methoxy groups -OCH3 is 1. The van der Waals surface area contributed by atoms with E-state index in [9.17, 15) is 15.0 Å². The molecule has 1 amide bonds. The Hall–Kier alpha value is -1.79. The Morgan fingerprint density at radius 1 is 1.37 bits per heavy atom. The van der Waals surface area contributed by atoms with E-state index in [2.05, 4.69) is 0 Å². The van der Waals surface area contributed by atoms with Crippen LogP contribution in [-0.4, -0.2) is 54.4 Å². The lowest BCUT2D eigenvalue weighted by atomic mass is 10.1. The Kier molecular flexibility index (Phi) is 6.11. The van der Waals surface area contributed by atoms with Crippen molar-refractivity contribution in [3.8, 4) is 11.5 Å². The van der Waals surface area contributed by atoms with Crippen LogP contribution in [0, 0.1) is 0 Å². The van der Waals surface area contributed by atoms with E-state index < -0.39 is 0 Å². The third-order valence-corrected chi connectivity index (χ3v) is 2.70. The molecule has 0 spiro atoms. The Bertz CT molecular complexity index is 415. The Labute approximate surface area is 112 Å². The van der Waals surface area contributed by atoms with Crippen molar-refractivity contribution >= 4 is 5.91 Å². The van der Waals surface area contributed by atoms with E-state index in [4.69, 9.17) is 10.5 Å². The summed E-state index contributed by atoms with van der Waals surface area (Å²) in [5.74, 6) is -0.623. The quantitative estimate of drug-likeness (QED) is 0.670. The number of amides is 1. The van der Waals surface area contributed by atoms with Crippen LogP contribution in [0.5, 0.6) is 11.5 Å². The van der Waals surface area contributed by atoms with Crippen molar-refractivity contribution < 1.29 is 19.7 Å². The van der Waals surface area contributed by atoms with E-state index >= 15 is 0 Å². The van der Waals surface area contributed by atoms with Gasteiger partial charge in [-0.1, -0.05) is 0 Å². The molecule has 0 bridgehead atoms. The zero-order chi connectivity index (χ0) is 14.3. The molecule has 6 heteroatoms. The molecule has 19 heavy (non-hydrogen) atoms. The predicted octanol–water partition coefficient (Wildman–Crippen LogP) is 0.535. The highest BCUT2D eigenvalue weighted by atomic mass is 16.5. The lowest BCUT2D eigenvalue weighted by Crippen LogP contribution is -2.35. The molecule has 1 aromatic carbocycles. The second-order valence-corrected chi connectivity index (χ2v) is 4.13. The number of phenols is 2. The van der Waals surface area contributed by atoms with Crippen molar-refractivity contribution in [1.82, 2.24) is 4.90 Å². The Morgan fingerprint density at radius 3 is 2.68 bits per heavy atom. The molecule has 1 aromatic rings. The number of benzene rings is 1. The van der Waals surface area contributed by atoms with Crippen molar-refractivity contribution in [2.45, 2.75) is 6.42 Å². The molecule has 0 radical (unpaired) electrons. The minimum atomic E-state index is -0.303. The molecule has 4 N–H and O–H groups in total. The van der Waals surface area contributed by atoms with Gasteiger partial charge in [0.2, 0.25) is 0 Å². The molecule has 0 aromatic heterocycles. The van der Waals surface area contributed by atoms with Crippen molar-refractivity contribution in [3.63, 3.8) is 0 Å². The van der Waals surface area contributed by atoms with Gasteiger partial charge >= 0.3 is 0 Å². The van der Waals surface area contributed by atoms with Gasteiger partial charge in [-0.25, -0.2) is 0 Å². The van der Waals surface area contributed by atoms with Crippen molar-refractivity contribution in [2.24, 2.45) is 5.73 Å². The number of nitrogens with zero attached hydrogens (tertiary/aromatic N) is 1. The second kappa shape index (κ2) is 7.60. The standard InChI is InChI=1S/C13H20N2O4/c1-19-8-7-15(6-2-5-14)13(18)11-4-3-10(16)9-12(11)17/h3-4,9,16-17H,2,5-8,14H2,1H3. The largest absolute Gasteiger partial charge is 0.508 e. The number of hydrogen-bond donors (Lipinski definition) is 3. The average molecular weight is 268 g/mol. The third-order valence-electron chi connectivity index (χ3n) is 2.70. The molecule has 106 valence electrons. The zero-order valence-electron chi connectivity index (χ0n) is 11.0. The van der Waals surface area contributed by atoms with E-state index in [1.807, 2.05) is 0 Å². The van der Waals surface area contributed by atoms with Gasteiger partial charge in [-0.15, -0.1) is 0 Å². The van der Waals surface area contributed by atoms with E-state index in [0.29, 0.717) is 32.7 Å². The SMILES string of the molecule is COCCN(CCCN)C(=O)c1ccc(O)cc1O. The molecule has 0 saturated heterocycles. The van der Waals surface area contributed by atoms with Crippen LogP contribution >= 0.6 is 0 Å². The van der Waals surface area contributed by atoms with Crippen molar-refractivity contribution in [3.05, 3.63) is 23.8 Å². The van der Waals surface area contributed by atoms with E-state index in [-0.39, 0.29) is 23.0 Å². The van der Waals surface area contributed by atoms with Gasteiger partial charge in [-0.05, 0) is 25.1 Å². The summed E-state index contributed by atoms with van der Waals surface area (Å²) >= 11 is 0. The van der Waals surface area contributed by atoms with Crippen LogP contribution in [-0.2, 0) is 4.74 Å². The van der Waals surface area contributed by atoms with E-state index in [0.717, 1.165) is 6.07 Å². The lowest BCUT2D eigenvalue weighted by molar-refractivity contribution is 0.0691. The number of ether oxygens (including phenoxy) is 1. The minimum absolute atomic E-state index is 0.0838. The first kappa shape index (κ1) is 15.3. The average Bonchev–Trinajstić information content (AvgIpc) is 2.38. The molecule has 0 fully saturated rings. The summed E-state index contributed by atoms with van der Waals surface area (Å²) in [7, 11) is 1.56. The minimum Gasteiger partial charge on any atom is -0.508 e. The van der Waals surface area contributed by atoms with E-state index in [1.165, 1.54) is 12.1 Å². The van der Waals surface area contributed by atoms with Gasteiger partial charge < -0.3 is 25.6 Å². The fourth-order valence-electron chi connectivity index (χ4n) is 1.67. The van der Waals surface area contributed by atoms with Crippen LogP contribution in [0.2, 0.25) is 0 Å². The maximum atomic E-state index is 12.3.